The molecule has 72 valence electrons. The molecule has 1 rings (SSSR count). The number of nitrogens with zero attached hydrogens (tertiary/aromatic N) is 1. The molecule has 1 aromatic rings. The summed E-state index contributed by atoms with van der Waals surface area (Å²) in [6.07, 6.45) is 0.762. The topological polar surface area (TPSA) is 39.2 Å². The normalized spacial score (nSPS) is 10.0. The first kappa shape index (κ1) is 10.7. The van der Waals surface area contributed by atoms with Crippen molar-refractivity contribution in [2.24, 2.45) is 0 Å². The van der Waals surface area contributed by atoms with Gasteiger partial charge in [-0.15, -0.1) is 0 Å². The number of rotatable bonds is 4. The van der Waals surface area contributed by atoms with E-state index in [0.717, 1.165) is 17.4 Å². The molecule has 0 unspecified atom stereocenters. The first-order chi connectivity index (χ1) is 6.29. The monoisotopic (exact) mass is 263 g/mol. The number of aryl methyl sites for hydroxylation is 1. The Balaban J connectivity index is 2.74. The minimum absolute atomic E-state index is 0.271. The first-order valence-electron chi connectivity index (χ1n) is 3.96. The van der Waals surface area contributed by atoms with Gasteiger partial charge in [0.1, 0.15) is 0 Å². The van der Waals surface area contributed by atoms with E-state index in [1.54, 1.807) is 12.3 Å². The number of hydrogen-bond acceptors (Lipinski definition) is 4. The number of carbonyl (C=O) groups is 1. The van der Waals surface area contributed by atoms with Crippen LogP contribution < -0.4 is 0 Å². The van der Waals surface area contributed by atoms with Crippen LogP contribution in [0.25, 0.3) is 0 Å². The van der Waals surface area contributed by atoms with E-state index in [4.69, 9.17) is 4.74 Å². The number of esters is 1. The molecule has 0 bridgehead atoms. The summed E-state index contributed by atoms with van der Waals surface area (Å²) in [5.41, 5.74) is 1.42. The summed E-state index contributed by atoms with van der Waals surface area (Å²) >= 11 is 4.59. The van der Waals surface area contributed by atoms with Crippen molar-refractivity contribution in [2.75, 3.05) is 11.9 Å². The minimum Gasteiger partial charge on any atom is -0.462 e. The molecule has 5 heteroatoms. The van der Waals surface area contributed by atoms with E-state index in [1.807, 2.05) is 0 Å². The molecule has 0 aromatic carbocycles. The molecule has 1 aromatic heterocycles. The molecule has 3 nitrogen and oxygen atoms in total. The van der Waals surface area contributed by atoms with Gasteiger partial charge in [-0.1, -0.05) is 15.9 Å². The molecular formula is C8H10BrNO2S. The van der Waals surface area contributed by atoms with Gasteiger partial charge in [0.15, 0.2) is 0 Å². The standard InChI is InChI=1S/C8H10BrNO2S/c1-2-12-8(11)6-5-13-10-7(6)3-4-9/h5H,2-4H2,1H3. The van der Waals surface area contributed by atoms with Crippen molar-refractivity contribution in [1.29, 1.82) is 0 Å². The summed E-state index contributed by atoms with van der Waals surface area (Å²) in [4.78, 5) is 11.3. The van der Waals surface area contributed by atoms with Crippen molar-refractivity contribution in [3.63, 3.8) is 0 Å². The van der Waals surface area contributed by atoms with Gasteiger partial charge in [0.2, 0.25) is 0 Å². The third-order valence-electron chi connectivity index (χ3n) is 1.47. The molecule has 0 aliphatic rings. The number of alkyl halides is 1. The Hall–Kier alpha value is -0.420. The van der Waals surface area contributed by atoms with Gasteiger partial charge >= 0.3 is 5.97 Å². The van der Waals surface area contributed by atoms with Crippen LogP contribution >= 0.6 is 27.5 Å². The van der Waals surface area contributed by atoms with E-state index in [1.165, 1.54) is 11.5 Å². The predicted molar refractivity (Wildman–Crippen MR) is 55.6 cm³/mol. The molecule has 0 aliphatic carbocycles. The van der Waals surface area contributed by atoms with Crippen LogP contribution in [0.4, 0.5) is 0 Å². The van der Waals surface area contributed by atoms with Gasteiger partial charge in [-0.2, -0.15) is 4.37 Å². The lowest BCUT2D eigenvalue weighted by Gasteiger charge is -2.00. The molecule has 0 radical (unpaired) electrons. The van der Waals surface area contributed by atoms with Gasteiger partial charge in [0.05, 0.1) is 17.9 Å². The molecule has 0 saturated heterocycles. The Bertz CT molecular complexity index is 287. The summed E-state index contributed by atoms with van der Waals surface area (Å²) in [5.74, 6) is -0.271. The molecule has 0 spiro atoms. The van der Waals surface area contributed by atoms with Gasteiger partial charge in [-0.05, 0) is 18.5 Å². The maximum atomic E-state index is 11.3. The minimum atomic E-state index is -0.271. The molecule has 0 atom stereocenters. The van der Waals surface area contributed by atoms with Crippen LogP contribution in [0, 0.1) is 0 Å². The van der Waals surface area contributed by atoms with Crippen molar-refractivity contribution in [3.8, 4) is 0 Å². The third kappa shape index (κ3) is 2.77. The Labute approximate surface area is 89.4 Å². The lowest BCUT2D eigenvalue weighted by Crippen LogP contribution is -2.06. The average molecular weight is 264 g/mol. The quantitative estimate of drug-likeness (QED) is 0.618. The molecule has 0 fully saturated rings. The van der Waals surface area contributed by atoms with Gasteiger partial charge in [0, 0.05) is 17.1 Å². The SMILES string of the molecule is CCOC(=O)c1csnc1CCBr. The van der Waals surface area contributed by atoms with Crippen molar-refractivity contribution < 1.29 is 9.53 Å². The van der Waals surface area contributed by atoms with E-state index in [-0.39, 0.29) is 5.97 Å². The summed E-state index contributed by atoms with van der Waals surface area (Å²) < 4.78 is 9.01. The van der Waals surface area contributed by atoms with E-state index < -0.39 is 0 Å². The zero-order valence-corrected chi connectivity index (χ0v) is 9.65. The van der Waals surface area contributed by atoms with Gasteiger partial charge in [-0.3, -0.25) is 0 Å². The predicted octanol–water partition coefficient (Wildman–Crippen LogP) is 2.26. The fourth-order valence-electron chi connectivity index (χ4n) is 0.904. The zero-order valence-electron chi connectivity index (χ0n) is 7.25. The van der Waals surface area contributed by atoms with Crippen LogP contribution in [0.5, 0.6) is 0 Å². The highest BCUT2D eigenvalue weighted by molar-refractivity contribution is 9.09. The average Bonchev–Trinajstić information content (AvgIpc) is 2.54. The van der Waals surface area contributed by atoms with Crippen molar-refractivity contribution in [1.82, 2.24) is 4.37 Å². The molecule has 1 heterocycles. The highest BCUT2D eigenvalue weighted by atomic mass is 79.9. The Morgan fingerprint density at radius 2 is 2.54 bits per heavy atom. The number of ether oxygens (including phenoxy) is 1. The van der Waals surface area contributed by atoms with Crippen LogP contribution in [0.3, 0.4) is 0 Å². The van der Waals surface area contributed by atoms with E-state index in [0.29, 0.717) is 12.2 Å². The fourth-order valence-corrected chi connectivity index (χ4v) is 1.99. The highest BCUT2D eigenvalue weighted by Crippen LogP contribution is 2.13. The van der Waals surface area contributed by atoms with Crippen LogP contribution in [0.15, 0.2) is 5.38 Å². The summed E-state index contributed by atoms with van der Waals surface area (Å²) in [6, 6.07) is 0. The smallest absolute Gasteiger partial charge is 0.340 e. The second-order valence-electron chi connectivity index (χ2n) is 2.33. The summed E-state index contributed by atoms with van der Waals surface area (Å²) in [6.45, 7) is 2.20. The number of halogens is 1. The number of aromatic nitrogens is 1. The third-order valence-corrected chi connectivity index (χ3v) is 2.53. The van der Waals surface area contributed by atoms with Crippen LogP contribution in [0.1, 0.15) is 23.0 Å². The lowest BCUT2D eigenvalue weighted by molar-refractivity contribution is 0.0525. The zero-order chi connectivity index (χ0) is 9.68. The molecule has 0 aliphatic heterocycles. The lowest BCUT2D eigenvalue weighted by atomic mass is 10.2. The van der Waals surface area contributed by atoms with Gasteiger partial charge in [-0.25, -0.2) is 4.79 Å². The van der Waals surface area contributed by atoms with Gasteiger partial charge < -0.3 is 4.74 Å². The van der Waals surface area contributed by atoms with Crippen molar-refractivity contribution in [2.45, 2.75) is 13.3 Å². The van der Waals surface area contributed by atoms with Crippen LogP contribution in [-0.2, 0) is 11.2 Å². The first-order valence-corrected chi connectivity index (χ1v) is 5.91. The highest BCUT2D eigenvalue weighted by Gasteiger charge is 2.14. The van der Waals surface area contributed by atoms with Gasteiger partial charge in [0.25, 0.3) is 0 Å². The maximum absolute atomic E-state index is 11.3. The summed E-state index contributed by atoms with van der Waals surface area (Å²) in [5, 5.41) is 2.54. The molecule has 13 heavy (non-hydrogen) atoms. The van der Waals surface area contributed by atoms with E-state index in [2.05, 4.69) is 20.3 Å². The fraction of sp³-hybridized carbons (Fsp3) is 0.500. The molecule has 0 saturated carbocycles. The number of hydrogen-bond donors (Lipinski definition) is 0. The maximum Gasteiger partial charge on any atom is 0.340 e. The largest absolute Gasteiger partial charge is 0.462 e. The Kier molecular flexibility index (Phi) is 4.38. The molecule has 0 N–H and O–H groups in total. The second kappa shape index (κ2) is 5.34. The second-order valence-corrected chi connectivity index (χ2v) is 3.76. The number of carbonyl (C=O) groups excluding carboxylic acids is 1. The van der Waals surface area contributed by atoms with Crippen LogP contribution in [-0.4, -0.2) is 22.3 Å². The van der Waals surface area contributed by atoms with E-state index in [9.17, 15) is 4.79 Å². The Morgan fingerprint density at radius 1 is 1.77 bits per heavy atom. The van der Waals surface area contributed by atoms with Crippen LogP contribution in [0.2, 0.25) is 0 Å². The van der Waals surface area contributed by atoms with Crippen molar-refractivity contribution in [3.05, 3.63) is 16.6 Å². The molecule has 0 amide bonds. The Morgan fingerprint density at radius 3 is 3.15 bits per heavy atom. The summed E-state index contributed by atoms with van der Waals surface area (Å²) in [7, 11) is 0. The molecular weight excluding hydrogens is 254 g/mol. The van der Waals surface area contributed by atoms with E-state index >= 15 is 0 Å². The van der Waals surface area contributed by atoms with Crippen molar-refractivity contribution >= 4 is 33.4 Å².